The minimum atomic E-state index is 0.161. The summed E-state index contributed by atoms with van der Waals surface area (Å²) in [5, 5.41) is 3.10. The van der Waals surface area contributed by atoms with Gasteiger partial charge in [0.25, 0.3) is 0 Å². The third-order valence-electron chi connectivity index (χ3n) is 4.45. The molecule has 3 heteroatoms. The van der Waals surface area contributed by atoms with Gasteiger partial charge in [-0.2, -0.15) is 0 Å². The molecule has 19 heavy (non-hydrogen) atoms. The Labute approximate surface area is 114 Å². The fraction of sp³-hybridized carbons (Fsp3) is 0.688. The van der Waals surface area contributed by atoms with Crippen LogP contribution in [0.1, 0.15) is 63.4 Å². The number of amides is 1. The predicted molar refractivity (Wildman–Crippen MR) is 74.0 cm³/mol. The molecule has 0 spiro atoms. The van der Waals surface area contributed by atoms with E-state index in [-0.39, 0.29) is 17.9 Å². The van der Waals surface area contributed by atoms with E-state index in [1.807, 2.05) is 0 Å². The summed E-state index contributed by atoms with van der Waals surface area (Å²) in [5.74, 6) is 4.45. The lowest BCUT2D eigenvalue weighted by Gasteiger charge is -2.18. The normalized spacial score (nSPS) is 33.8. The highest BCUT2D eigenvalue weighted by atomic mass is 16.3. The first kappa shape index (κ1) is 12.8. The maximum absolute atomic E-state index is 11.7. The molecule has 4 atom stereocenters. The number of rotatable bonds is 4. The molecular weight excluding hydrogens is 238 g/mol. The Bertz CT molecular complexity index is 477. The molecule has 3 nitrogen and oxygen atoms in total. The van der Waals surface area contributed by atoms with E-state index in [2.05, 4.69) is 38.2 Å². The van der Waals surface area contributed by atoms with Crippen molar-refractivity contribution in [1.82, 2.24) is 5.32 Å². The van der Waals surface area contributed by atoms with Crippen molar-refractivity contribution in [2.24, 2.45) is 11.8 Å². The van der Waals surface area contributed by atoms with Gasteiger partial charge < -0.3 is 9.73 Å². The molecule has 0 bridgehead atoms. The molecule has 104 valence electrons. The van der Waals surface area contributed by atoms with E-state index in [4.69, 9.17) is 4.42 Å². The van der Waals surface area contributed by atoms with E-state index < -0.39 is 0 Å². The van der Waals surface area contributed by atoms with E-state index in [9.17, 15) is 4.79 Å². The van der Waals surface area contributed by atoms with Crippen molar-refractivity contribution in [3.63, 3.8) is 0 Å². The van der Waals surface area contributed by atoms with Crippen molar-refractivity contribution in [2.45, 2.75) is 57.9 Å². The van der Waals surface area contributed by atoms with E-state index in [0.29, 0.717) is 18.3 Å². The SMILES string of the molecule is CC(C)CC1NC(=O)CC1c1ccc(C2CC2C)o1. The van der Waals surface area contributed by atoms with Crippen LogP contribution < -0.4 is 5.32 Å². The molecular formula is C16H23NO2. The second-order valence-electron chi connectivity index (χ2n) is 6.67. The van der Waals surface area contributed by atoms with E-state index in [1.54, 1.807) is 0 Å². The van der Waals surface area contributed by atoms with E-state index >= 15 is 0 Å². The Morgan fingerprint density at radius 2 is 1.95 bits per heavy atom. The van der Waals surface area contributed by atoms with Gasteiger partial charge in [-0.15, -0.1) is 0 Å². The zero-order valence-electron chi connectivity index (χ0n) is 12.0. The van der Waals surface area contributed by atoms with Gasteiger partial charge in [-0.05, 0) is 36.8 Å². The molecule has 4 unspecified atom stereocenters. The average Bonchev–Trinajstić information content (AvgIpc) is 2.76. The number of hydrogen-bond donors (Lipinski definition) is 1. The molecule has 1 saturated heterocycles. The van der Waals surface area contributed by atoms with E-state index in [0.717, 1.165) is 23.9 Å². The zero-order valence-corrected chi connectivity index (χ0v) is 12.0. The van der Waals surface area contributed by atoms with Gasteiger partial charge >= 0.3 is 0 Å². The first-order valence-electron chi connectivity index (χ1n) is 7.43. The highest BCUT2D eigenvalue weighted by Gasteiger charge is 2.39. The zero-order chi connectivity index (χ0) is 13.6. The molecule has 1 N–H and O–H groups in total. The summed E-state index contributed by atoms with van der Waals surface area (Å²) in [7, 11) is 0. The van der Waals surface area contributed by atoms with E-state index in [1.165, 1.54) is 6.42 Å². The molecule has 1 saturated carbocycles. The average molecular weight is 261 g/mol. The van der Waals surface area contributed by atoms with Gasteiger partial charge in [0.15, 0.2) is 0 Å². The van der Waals surface area contributed by atoms with Crippen LogP contribution in [0.4, 0.5) is 0 Å². The molecule has 2 heterocycles. The van der Waals surface area contributed by atoms with Gasteiger partial charge in [0.05, 0.1) is 0 Å². The van der Waals surface area contributed by atoms with Crippen molar-refractivity contribution >= 4 is 5.91 Å². The summed E-state index contributed by atoms with van der Waals surface area (Å²) in [5.41, 5.74) is 0. The Morgan fingerprint density at radius 3 is 2.53 bits per heavy atom. The Hall–Kier alpha value is -1.25. The summed E-state index contributed by atoms with van der Waals surface area (Å²) >= 11 is 0. The molecule has 1 aliphatic heterocycles. The third kappa shape index (κ3) is 2.56. The number of furan rings is 1. The number of carbonyl (C=O) groups is 1. The quantitative estimate of drug-likeness (QED) is 0.902. The van der Waals surface area contributed by atoms with Crippen molar-refractivity contribution in [3.8, 4) is 0 Å². The fourth-order valence-corrected chi connectivity index (χ4v) is 3.22. The topological polar surface area (TPSA) is 42.2 Å². The first-order valence-corrected chi connectivity index (χ1v) is 7.43. The molecule has 2 aliphatic rings. The lowest BCUT2D eigenvalue weighted by molar-refractivity contribution is -0.119. The highest BCUT2D eigenvalue weighted by molar-refractivity contribution is 5.80. The predicted octanol–water partition coefficient (Wildman–Crippen LogP) is 3.42. The van der Waals surface area contributed by atoms with Crippen LogP contribution in [0.5, 0.6) is 0 Å². The smallest absolute Gasteiger partial charge is 0.221 e. The Morgan fingerprint density at radius 1 is 1.32 bits per heavy atom. The Kier molecular flexibility index (Phi) is 3.15. The summed E-state index contributed by atoms with van der Waals surface area (Å²) < 4.78 is 6.03. The van der Waals surface area contributed by atoms with Gasteiger partial charge in [-0.3, -0.25) is 4.79 Å². The maximum Gasteiger partial charge on any atom is 0.221 e. The molecule has 1 amide bonds. The lowest BCUT2D eigenvalue weighted by atomic mass is 9.91. The van der Waals surface area contributed by atoms with Crippen LogP contribution in [0.15, 0.2) is 16.5 Å². The maximum atomic E-state index is 11.7. The summed E-state index contributed by atoms with van der Waals surface area (Å²) in [6.45, 7) is 6.65. The highest BCUT2D eigenvalue weighted by Crippen LogP contribution is 2.48. The summed E-state index contributed by atoms with van der Waals surface area (Å²) in [6.07, 6.45) is 2.83. The van der Waals surface area contributed by atoms with Crippen molar-refractivity contribution < 1.29 is 9.21 Å². The first-order chi connectivity index (χ1) is 9.04. The summed E-state index contributed by atoms with van der Waals surface area (Å²) in [6, 6.07) is 4.43. The van der Waals surface area contributed by atoms with Gasteiger partial charge in [0, 0.05) is 24.3 Å². The molecule has 1 aliphatic carbocycles. The molecule has 3 rings (SSSR count). The monoisotopic (exact) mass is 261 g/mol. The fourth-order valence-electron chi connectivity index (χ4n) is 3.22. The van der Waals surface area contributed by atoms with Gasteiger partial charge in [0.1, 0.15) is 11.5 Å². The van der Waals surface area contributed by atoms with Crippen LogP contribution in [0.25, 0.3) is 0 Å². The molecule has 2 fully saturated rings. The molecule has 1 aromatic rings. The number of carbonyl (C=O) groups excluding carboxylic acids is 1. The molecule has 0 aromatic carbocycles. The molecule has 0 radical (unpaired) electrons. The van der Waals surface area contributed by atoms with Gasteiger partial charge in [-0.25, -0.2) is 0 Å². The number of hydrogen-bond acceptors (Lipinski definition) is 2. The molecule has 1 aromatic heterocycles. The third-order valence-corrected chi connectivity index (χ3v) is 4.45. The minimum Gasteiger partial charge on any atom is -0.465 e. The van der Waals surface area contributed by atoms with Crippen LogP contribution in [0.3, 0.4) is 0 Å². The van der Waals surface area contributed by atoms with Crippen LogP contribution in [0.2, 0.25) is 0 Å². The van der Waals surface area contributed by atoms with Gasteiger partial charge in [-0.1, -0.05) is 20.8 Å². The standard InChI is InChI=1S/C16H23NO2/c1-9(2)6-13-12(8-16(18)17-13)15-5-4-14(19-15)11-7-10(11)3/h4-5,9-13H,6-8H2,1-3H3,(H,17,18). The minimum absolute atomic E-state index is 0.161. The number of nitrogens with one attached hydrogen (secondary N) is 1. The van der Waals surface area contributed by atoms with Crippen LogP contribution in [-0.2, 0) is 4.79 Å². The Balaban J connectivity index is 1.75. The second-order valence-corrected chi connectivity index (χ2v) is 6.67. The van der Waals surface area contributed by atoms with Crippen LogP contribution in [0, 0.1) is 11.8 Å². The van der Waals surface area contributed by atoms with Crippen LogP contribution in [-0.4, -0.2) is 11.9 Å². The van der Waals surface area contributed by atoms with Crippen molar-refractivity contribution in [3.05, 3.63) is 23.7 Å². The lowest BCUT2D eigenvalue weighted by Crippen LogP contribution is -2.29. The van der Waals surface area contributed by atoms with Crippen LogP contribution >= 0.6 is 0 Å². The second kappa shape index (κ2) is 4.69. The summed E-state index contributed by atoms with van der Waals surface area (Å²) in [4.78, 5) is 11.7. The van der Waals surface area contributed by atoms with Crippen molar-refractivity contribution in [2.75, 3.05) is 0 Å². The largest absolute Gasteiger partial charge is 0.465 e. The van der Waals surface area contributed by atoms with Gasteiger partial charge in [0.2, 0.25) is 5.91 Å². The van der Waals surface area contributed by atoms with Crippen molar-refractivity contribution in [1.29, 1.82) is 0 Å².